The van der Waals surface area contributed by atoms with Crippen molar-refractivity contribution in [3.8, 4) is 0 Å². The summed E-state index contributed by atoms with van der Waals surface area (Å²) in [7, 11) is 0. The van der Waals surface area contributed by atoms with Crippen molar-refractivity contribution >= 4 is 0 Å². The third kappa shape index (κ3) is 1.80. The van der Waals surface area contributed by atoms with Gasteiger partial charge in [0.1, 0.15) is 0 Å². The molecular formula is C8H11N5O. The van der Waals surface area contributed by atoms with Gasteiger partial charge in [-0.2, -0.15) is 4.98 Å². The first-order valence-corrected chi connectivity index (χ1v) is 4.29. The maximum atomic E-state index is 5.86. The van der Waals surface area contributed by atoms with E-state index in [9.17, 15) is 0 Å². The van der Waals surface area contributed by atoms with Crippen LogP contribution in [0.25, 0.3) is 0 Å². The Hall–Kier alpha value is -1.69. The summed E-state index contributed by atoms with van der Waals surface area (Å²) in [6.07, 6.45) is 3.95. The van der Waals surface area contributed by atoms with Gasteiger partial charge >= 0.3 is 0 Å². The standard InChI is InChI=1S/C8H11N5O/c1-5-12-8(14-13-5)7(9)2-6-3-10-4-11-6/h3-4,7H,2,9H2,1H3,(H,10,11). The minimum atomic E-state index is -0.281. The number of rotatable bonds is 3. The van der Waals surface area contributed by atoms with Gasteiger partial charge in [0.2, 0.25) is 5.89 Å². The Bertz CT molecular complexity index is 394. The molecule has 0 aromatic carbocycles. The molecule has 0 aliphatic heterocycles. The first kappa shape index (κ1) is 8.89. The molecule has 1 unspecified atom stereocenters. The molecule has 6 heteroatoms. The molecule has 0 aliphatic rings. The number of aryl methyl sites for hydroxylation is 1. The molecule has 2 heterocycles. The van der Waals surface area contributed by atoms with Crippen molar-refractivity contribution in [1.82, 2.24) is 20.1 Å². The molecule has 2 aromatic rings. The monoisotopic (exact) mass is 193 g/mol. The molecule has 0 aliphatic carbocycles. The first-order chi connectivity index (χ1) is 6.75. The molecular weight excluding hydrogens is 182 g/mol. The highest BCUT2D eigenvalue weighted by atomic mass is 16.5. The largest absolute Gasteiger partial charge is 0.348 e. The minimum Gasteiger partial charge on any atom is -0.348 e. The van der Waals surface area contributed by atoms with Crippen LogP contribution in [0, 0.1) is 6.92 Å². The Labute approximate surface area is 80.5 Å². The Kier molecular flexibility index (Phi) is 2.28. The van der Waals surface area contributed by atoms with E-state index in [2.05, 4.69) is 20.1 Å². The third-order valence-corrected chi connectivity index (χ3v) is 1.86. The Morgan fingerprint density at radius 3 is 3.07 bits per heavy atom. The van der Waals surface area contributed by atoms with Crippen molar-refractivity contribution in [2.45, 2.75) is 19.4 Å². The Morgan fingerprint density at radius 2 is 2.50 bits per heavy atom. The number of imidazole rings is 1. The van der Waals surface area contributed by atoms with Gasteiger partial charge in [-0.25, -0.2) is 4.98 Å². The second-order valence-electron chi connectivity index (χ2n) is 3.07. The van der Waals surface area contributed by atoms with E-state index in [1.807, 2.05) is 0 Å². The zero-order valence-electron chi connectivity index (χ0n) is 7.77. The molecule has 1 atom stereocenters. The van der Waals surface area contributed by atoms with Crippen LogP contribution in [-0.2, 0) is 6.42 Å². The van der Waals surface area contributed by atoms with Crippen LogP contribution < -0.4 is 5.73 Å². The van der Waals surface area contributed by atoms with Gasteiger partial charge in [-0.15, -0.1) is 0 Å². The highest BCUT2D eigenvalue weighted by molar-refractivity contribution is 5.01. The lowest BCUT2D eigenvalue weighted by atomic mass is 10.2. The van der Waals surface area contributed by atoms with Crippen LogP contribution in [-0.4, -0.2) is 20.1 Å². The lowest BCUT2D eigenvalue weighted by Gasteiger charge is -2.03. The van der Waals surface area contributed by atoms with E-state index < -0.39 is 0 Å². The summed E-state index contributed by atoms with van der Waals surface area (Å²) >= 11 is 0. The number of aromatic amines is 1. The smallest absolute Gasteiger partial charge is 0.243 e. The summed E-state index contributed by atoms with van der Waals surface area (Å²) in [4.78, 5) is 10.9. The summed E-state index contributed by atoms with van der Waals surface area (Å²) in [5, 5.41) is 3.68. The highest BCUT2D eigenvalue weighted by Crippen LogP contribution is 2.11. The molecule has 0 saturated carbocycles. The zero-order valence-corrected chi connectivity index (χ0v) is 7.77. The van der Waals surface area contributed by atoms with E-state index >= 15 is 0 Å². The zero-order chi connectivity index (χ0) is 9.97. The van der Waals surface area contributed by atoms with Gasteiger partial charge in [0, 0.05) is 18.3 Å². The summed E-state index contributed by atoms with van der Waals surface area (Å²) in [6, 6.07) is -0.281. The fourth-order valence-electron chi connectivity index (χ4n) is 1.18. The van der Waals surface area contributed by atoms with Crippen molar-refractivity contribution in [2.24, 2.45) is 5.73 Å². The molecule has 0 saturated heterocycles. The predicted octanol–water partition coefficient (Wildman–Crippen LogP) is 0.344. The van der Waals surface area contributed by atoms with Gasteiger partial charge < -0.3 is 15.2 Å². The molecule has 0 radical (unpaired) electrons. The highest BCUT2D eigenvalue weighted by Gasteiger charge is 2.14. The van der Waals surface area contributed by atoms with E-state index in [-0.39, 0.29) is 6.04 Å². The van der Waals surface area contributed by atoms with Crippen LogP contribution in [0.4, 0.5) is 0 Å². The van der Waals surface area contributed by atoms with E-state index in [0.717, 1.165) is 5.69 Å². The van der Waals surface area contributed by atoms with E-state index in [4.69, 9.17) is 10.3 Å². The van der Waals surface area contributed by atoms with E-state index in [0.29, 0.717) is 18.1 Å². The van der Waals surface area contributed by atoms with Gasteiger partial charge in [-0.05, 0) is 6.92 Å². The minimum absolute atomic E-state index is 0.281. The molecule has 74 valence electrons. The Morgan fingerprint density at radius 1 is 1.64 bits per heavy atom. The van der Waals surface area contributed by atoms with Gasteiger partial charge in [0.05, 0.1) is 12.4 Å². The van der Waals surface area contributed by atoms with E-state index in [1.54, 1.807) is 19.4 Å². The van der Waals surface area contributed by atoms with Crippen LogP contribution in [0.1, 0.15) is 23.5 Å². The van der Waals surface area contributed by atoms with Crippen LogP contribution >= 0.6 is 0 Å². The molecule has 3 N–H and O–H groups in total. The normalized spacial score (nSPS) is 13.0. The lowest BCUT2D eigenvalue weighted by Crippen LogP contribution is -2.13. The molecule has 0 bridgehead atoms. The molecule has 0 fully saturated rings. The second-order valence-corrected chi connectivity index (χ2v) is 3.07. The SMILES string of the molecule is Cc1noc(C(N)Cc2cnc[nH]2)n1. The molecule has 0 spiro atoms. The van der Waals surface area contributed by atoms with Crippen molar-refractivity contribution in [3.63, 3.8) is 0 Å². The summed E-state index contributed by atoms with van der Waals surface area (Å²) < 4.78 is 4.95. The average molecular weight is 193 g/mol. The van der Waals surface area contributed by atoms with Gasteiger partial charge in [0.25, 0.3) is 0 Å². The van der Waals surface area contributed by atoms with Crippen LogP contribution in [0.2, 0.25) is 0 Å². The third-order valence-electron chi connectivity index (χ3n) is 1.86. The van der Waals surface area contributed by atoms with E-state index in [1.165, 1.54) is 0 Å². The fourth-order valence-corrected chi connectivity index (χ4v) is 1.18. The van der Waals surface area contributed by atoms with Crippen molar-refractivity contribution in [1.29, 1.82) is 0 Å². The maximum absolute atomic E-state index is 5.86. The van der Waals surface area contributed by atoms with Crippen molar-refractivity contribution in [2.75, 3.05) is 0 Å². The maximum Gasteiger partial charge on any atom is 0.243 e. The number of H-pyrrole nitrogens is 1. The summed E-state index contributed by atoms with van der Waals surface area (Å²) in [6.45, 7) is 1.76. The van der Waals surface area contributed by atoms with Gasteiger partial charge in [-0.1, -0.05) is 5.16 Å². The van der Waals surface area contributed by atoms with Gasteiger partial charge in [-0.3, -0.25) is 0 Å². The Balaban J connectivity index is 2.06. The van der Waals surface area contributed by atoms with Crippen LogP contribution in [0.5, 0.6) is 0 Å². The fraction of sp³-hybridized carbons (Fsp3) is 0.375. The summed E-state index contributed by atoms with van der Waals surface area (Å²) in [5.74, 6) is 1.05. The number of hydrogen-bond donors (Lipinski definition) is 2. The average Bonchev–Trinajstić information content (AvgIpc) is 2.75. The second kappa shape index (κ2) is 3.59. The molecule has 6 nitrogen and oxygen atoms in total. The lowest BCUT2D eigenvalue weighted by molar-refractivity contribution is 0.351. The first-order valence-electron chi connectivity index (χ1n) is 4.29. The topological polar surface area (TPSA) is 93.6 Å². The summed E-state index contributed by atoms with van der Waals surface area (Å²) in [5.41, 5.74) is 6.81. The number of nitrogens with two attached hydrogens (primary N) is 1. The van der Waals surface area contributed by atoms with Gasteiger partial charge in [0.15, 0.2) is 5.82 Å². The number of hydrogen-bond acceptors (Lipinski definition) is 5. The predicted molar refractivity (Wildman–Crippen MR) is 48.3 cm³/mol. The quantitative estimate of drug-likeness (QED) is 0.733. The van der Waals surface area contributed by atoms with Crippen LogP contribution in [0.3, 0.4) is 0 Å². The molecule has 14 heavy (non-hydrogen) atoms. The number of nitrogens with zero attached hydrogens (tertiary/aromatic N) is 3. The van der Waals surface area contributed by atoms with Crippen LogP contribution in [0.15, 0.2) is 17.0 Å². The molecule has 2 rings (SSSR count). The number of aromatic nitrogens is 4. The van der Waals surface area contributed by atoms with Crippen molar-refractivity contribution in [3.05, 3.63) is 29.9 Å². The number of nitrogens with one attached hydrogen (secondary N) is 1. The van der Waals surface area contributed by atoms with Crippen molar-refractivity contribution < 1.29 is 4.52 Å². The molecule has 0 amide bonds. The molecule has 2 aromatic heterocycles.